The Hall–Kier alpha value is -0.490. The van der Waals surface area contributed by atoms with Gasteiger partial charge in [0.25, 0.3) is 0 Å². The maximum absolute atomic E-state index is 11.0. The highest BCUT2D eigenvalue weighted by Gasteiger charge is 2.40. The summed E-state index contributed by atoms with van der Waals surface area (Å²) in [5, 5.41) is 18.8. The predicted molar refractivity (Wildman–Crippen MR) is 52.4 cm³/mol. The molecule has 0 bridgehead atoms. The Morgan fingerprint density at radius 3 is 2.53 bits per heavy atom. The Morgan fingerprint density at radius 2 is 2.07 bits per heavy atom. The minimum Gasteiger partial charge on any atom is -0.389 e. The van der Waals surface area contributed by atoms with Crippen molar-refractivity contribution in [1.29, 1.82) is 0 Å². The zero-order valence-corrected chi connectivity index (χ0v) is 8.63. The van der Waals surface area contributed by atoms with E-state index in [0.717, 1.165) is 12.7 Å². The molecule has 3 unspecified atom stereocenters. The third kappa shape index (κ3) is 2.20. The highest BCUT2D eigenvalue weighted by molar-refractivity contribution is 5.60. The lowest BCUT2D eigenvalue weighted by atomic mass is 9.89. The van der Waals surface area contributed by atoms with Gasteiger partial charge in [-0.15, -0.1) is 0 Å². The fourth-order valence-electron chi connectivity index (χ4n) is 2.30. The SMILES string of the molecule is O=CC1(CN2CC(O)C(O)C2)CCOC1. The van der Waals surface area contributed by atoms with Gasteiger partial charge in [0.15, 0.2) is 0 Å². The Bertz CT molecular complexity index is 230. The number of aliphatic hydroxyl groups excluding tert-OH is 2. The van der Waals surface area contributed by atoms with E-state index in [-0.39, 0.29) is 0 Å². The first kappa shape index (κ1) is 11.0. The van der Waals surface area contributed by atoms with Gasteiger partial charge in [0.2, 0.25) is 0 Å². The van der Waals surface area contributed by atoms with Crippen molar-refractivity contribution in [3.8, 4) is 0 Å². The number of aldehydes is 1. The third-order valence-electron chi connectivity index (χ3n) is 3.26. The minimum absolute atomic E-state index is 0.427. The standard InChI is InChI=1S/C10H17NO4/c12-6-10(1-2-15-7-10)5-11-3-8(13)9(14)4-11/h6,8-9,13-14H,1-5,7H2. The van der Waals surface area contributed by atoms with Gasteiger partial charge in [0, 0.05) is 26.2 Å². The van der Waals surface area contributed by atoms with Crippen LogP contribution < -0.4 is 0 Å². The molecule has 15 heavy (non-hydrogen) atoms. The lowest BCUT2D eigenvalue weighted by molar-refractivity contribution is -0.117. The van der Waals surface area contributed by atoms with Crippen molar-refractivity contribution < 1.29 is 19.7 Å². The van der Waals surface area contributed by atoms with Crippen LogP contribution in [0.4, 0.5) is 0 Å². The van der Waals surface area contributed by atoms with Crippen LogP contribution in [0.1, 0.15) is 6.42 Å². The number of hydrogen-bond acceptors (Lipinski definition) is 5. The monoisotopic (exact) mass is 215 g/mol. The van der Waals surface area contributed by atoms with Crippen LogP contribution in [0, 0.1) is 5.41 Å². The highest BCUT2D eigenvalue weighted by Crippen LogP contribution is 2.28. The maximum Gasteiger partial charge on any atom is 0.129 e. The quantitative estimate of drug-likeness (QED) is 0.568. The van der Waals surface area contributed by atoms with Crippen molar-refractivity contribution in [2.75, 3.05) is 32.8 Å². The van der Waals surface area contributed by atoms with Crippen LogP contribution in [0.3, 0.4) is 0 Å². The molecule has 0 aromatic heterocycles. The number of likely N-dealkylation sites (tertiary alicyclic amines) is 1. The maximum atomic E-state index is 11.0. The van der Waals surface area contributed by atoms with Gasteiger partial charge in [-0.05, 0) is 6.42 Å². The predicted octanol–water partition coefficient (Wildman–Crippen LogP) is -1.37. The molecule has 2 aliphatic heterocycles. The molecule has 2 heterocycles. The second kappa shape index (κ2) is 4.17. The van der Waals surface area contributed by atoms with Crippen LogP contribution in [-0.2, 0) is 9.53 Å². The van der Waals surface area contributed by atoms with Crippen LogP contribution in [0.25, 0.3) is 0 Å². The first-order valence-electron chi connectivity index (χ1n) is 5.28. The average molecular weight is 215 g/mol. The van der Waals surface area contributed by atoms with Crippen molar-refractivity contribution >= 4 is 6.29 Å². The van der Waals surface area contributed by atoms with Gasteiger partial charge in [-0.3, -0.25) is 4.90 Å². The Labute approximate surface area is 88.6 Å². The minimum atomic E-state index is -0.684. The summed E-state index contributed by atoms with van der Waals surface area (Å²) in [5.41, 5.74) is -0.427. The molecule has 0 spiro atoms. The average Bonchev–Trinajstić information content (AvgIpc) is 2.77. The van der Waals surface area contributed by atoms with Gasteiger partial charge in [0.1, 0.15) is 6.29 Å². The largest absolute Gasteiger partial charge is 0.389 e. The molecule has 86 valence electrons. The number of ether oxygens (including phenoxy) is 1. The molecule has 3 atom stereocenters. The fourth-order valence-corrected chi connectivity index (χ4v) is 2.30. The molecule has 2 saturated heterocycles. The Balaban J connectivity index is 1.93. The van der Waals surface area contributed by atoms with Gasteiger partial charge in [-0.25, -0.2) is 0 Å². The molecule has 0 aliphatic carbocycles. The smallest absolute Gasteiger partial charge is 0.129 e. The topological polar surface area (TPSA) is 70.0 Å². The zero-order valence-electron chi connectivity index (χ0n) is 8.63. The molecule has 5 nitrogen and oxygen atoms in total. The number of carbonyl (C=O) groups is 1. The first-order valence-corrected chi connectivity index (χ1v) is 5.28. The summed E-state index contributed by atoms with van der Waals surface area (Å²) < 4.78 is 5.23. The van der Waals surface area contributed by atoms with Gasteiger partial charge in [0.05, 0.1) is 24.2 Å². The van der Waals surface area contributed by atoms with Crippen LogP contribution in [0.2, 0.25) is 0 Å². The zero-order chi connectivity index (χ0) is 10.9. The number of carbonyl (C=O) groups excluding carboxylic acids is 1. The molecule has 2 aliphatic rings. The van der Waals surface area contributed by atoms with Crippen LogP contribution >= 0.6 is 0 Å². The summed E-state index contributed by atoms with van der Waals surface area (Å²) in [7, 11) is 0. The van der Waals surface area contributed by atoms with Gasteiger partial charge in [-0.1, -0.05) is 0 Å². The summed E-state index contributed by atoms with van der Waals surface area (Å²) in [6.07, 6.45) is 0.322. The molecule has 0 radical (unpaired) electrons. The summed E-state index contributed by atoms with van der Waals surface area (Å²) >= 11 is 0. The number of aliphatic hydroxyl groups is 2. The number of nitrogens with zero attached hydrogens (tertiary/aromatic N) is 1. The van der Waals surface area contributed by atoms with E-state index in [1.807, 2.05) is 4.90 Å². The van der Waals surface area contributed by atoms with E-state index in [9.17, 15) is 15.0 Å². The lowest BCUT2D eigenvalue weighted by Crippen LogP contribution is -2.39. The summed E-state index contributed by atoms with van der Waals surface area (Å²) in [6.45, 7) is 2.54. The summed E-state index contributed by atoms with van der Waals surface area (Å²) in [4.78, 5) is 13.0. The van der Waals surface area contributed by atoms with E-state index in [2.05, 4.69) is 0 Å². The normalized spacial score (nSPS) is 42.3. The van der Waals surface area contributed by atoms with Crippen molar-refractivity contribution in [3.63, 3.8) is 0 Å². The second-order valence-electron chi connectivity index (χ2n) is 4.61. The summed E-state index contributed by atoms with van der Waals surface area (Å²) in [5.74, 6) is 0. The molecule has 2 fully saturated rings. The van der Waals surface area contributed by atoms with E-state index in [4.69, 9.17) is 4.74 Å². The lowest BCUT2D eigenvalue weighted by Gasteiger charge is -2.26. The molecular formula is C10H17NO4. The third-order valence-corrected chi connectivity index (χ3v) is 3.26. The Morgan fingerprint density at radius 1 is 1.40 bits per heavy atom. The van der Waals surface area contributed by atoms with Crippen molar-refractivity contribution in [3.05, 3.63) is 0 Å². The Kier molecular flexibility index (Phi) is 3.06. The van der Waals surface area contributed by atoms with Crippen LogP contribution in [0.5, 0.6) is 0 Å². The molecule has 0 aromatic carbocycles. The van der Waals surface area contributed by atoms with Gasteiger partial charge >= 0.3 is 0 Å². The van der Waals surface area contributed by atoms with E-state index >= 15 is 0 Å². The molecule has 0 aromatic rings. The second-order valence-corrected chi connectivity index (χ2v) is 4.61. The molecular weight excluding hydrogens is 198 g/mol. The van der Waals surface area contributed by atoms with E-state index in [0.29, 0.717) is 32.8 Å². The van der Waals surface area contributed by atoms with Crippen molar-refractivity contribution in [1.82, 2.24) is 4.90 Å². The first-order chi connectivity index (χ1) is 7.15. The molecule has 5 heteroatoms. The van der Waals surface area contributed by atoms with E-state index < -0.39 is 17.6 Å². The number of hydrogen-bond donors (Lipinski definition) is 2. The van der Waals surface area contributed by atoms with Crippen LogP contribution in [-0.4, -0.2) is 66.5 Å². The highest BCUT2D eigenvalue weighted by atomic mass is 16.5. The van der Waals surface area contributed by atoms with E-state index in [1.165, 1.54) is 0 Å². The van der Waals surface area contributed by atoms with Gasteiger partial charge in [-0.2, -0.15) is 0 Å². The van der Waals surface area contributed by atoms with Crippen LogP contribution in [0.15, 0.2) is 0 Å². The van der Waals surface area contributed by atoms with Gasteiger partial charge < -0.3 is 19.7 Å². The van der Waals surface area contributed by atoms with E-state index in [1.54, 1.807) is 0 Å². The fraction of sp³-hybridized carbons (Fsp3) is 0.900. The summed E-state index contributed by atoms with van der Waals surface area (Å²) in [6, 6.07) is 0. The molecule has 0 amide bonds. The van der Waals surface area contributed by atoms with Crippen molar-refractivity contribution in [2.24, 2.45) is 5.41 Å². The number of rotatable bonds is 3. The molecule has 2 N–H and O–H groups in total. The number of β-amino-alcohol motifs (C(OH)–C–C–N with tert-alkyl or cyclic N) is 2. The molecule has 0 saturated carbocycles. The molecule has 2 rings (SSSR count). The van der Waals surface area contributed by atoms with Crippen molar-refractivity contribution in [2.45, 2.75) is 18.6 Å².